The van der Waals surface area contributed by atoms with Gasteiger partial charge in [-0.3, -0.25) is 0 Å². The Labute approximate surface area is 324 Å². The van der Waals surface area contributed by atoms with Gasteiger partial charge in [0.15, 0.2) is 0 Å². The van der Waals surface area contributed by atoms with E-state index in [2.05, 4.69) is 203 Å². The second kappa shape index (κ2) is 12.2. The summed E-state index contributed by atoms with van der Waals surface area (Å²) in [4.78, 5) is 0. The number of rotatable bonds is 4. The SMILES string of the molecule is C1=Cc2c(n(-c3cccc(-c4ccccc4)c3)c3ccc(-c4ccc5c(c4)c4ccccc4n5-c4ccc5c6ccccc6c6ccccc6c5c4)cc23)CC1. The molecule has 0 unspecified atom stereocenters. The Morgan fingerprint density at radius 1 is 0.321 bits per heavy atom. The molecule has 56 heavy (non-hydrogen) atoms. The lowest BCUT2D eigenvalue weighted by Gasteiger charge is -2.14. The van der Waals surface area contributed by atoms with Crippen LogP contribution in [0, 0.1) is 0 Å². The van der Waals surface area contributed by atoms with Crippen molar-refractivity contribution in [3.8, 4) is 33.6 Å². The van der Waals surface area contributed by atoms with Crippen LogP contribution in [0.1, 0.15) is 17.7 Å². The van der Waals surface area contributed by atoms with Crippen LogP contribution in [0.4, 0.5) is 0 Å². The van der Waals surface area contributed by atoms with E-state index in [1.165, 1.54) is 110 Å². The van der Waals surface area contributed by atoms with Crippen molar-refractivity contribution in [3.05, 3.63) is 199 Å². The first-order chi connectivity index (χ1) is 27.8. The van der Waals surface area contributed by atoms with Gasteiger partial charge in [0.05, 0.1) is 16.6 Å². The normalized spacial score (nSPS) is 12.8. The van der Waals surface area contributed by atoms with E-state index >= 15 is 0 Å². The molecule has 9 aromatic carbocycles. The van der Waals surface area contributed by atoms with Gasteiger partial charge in [0.1, 0.15) is 0 Å². The van der Waals surface area contributed by atoms with Gasteiger partial charge in [-0.15, -0.1) is 0 Å². The van der Waals surface area contributed by atoms with Gasteiger partial charge < -0.3 is 9.13 Å². The molecule has 0 spiro atoms. The van der Waals surface area contributed by atoms with Gasteiger partial charge in [-0.2, -0.15) is 0 Å². The molecule has 12 rings (SSSR count). The fraction of sp³-hybridized carbons (Fsp3) is 0.0370. The number of hydrogen-bond acceptors (Lipinski definition) is 0. The van der Waals surface area contributed by atoms with Crippen molar-refractivity contribution in [2.45, 2.75) is 12.8 Å². The van der Waals surface area contributed by atoms with Gasteiger partial charge in [-0.25, -0.2) is 0 Å². The first-order valence-electron chi connectivity index (χ1n) is 19.7. The zero-order valence-corrected chi connectivity index (χ0v) is 30.8. The Morgan fingerprint density at radius 3 is 1.62 bits per heavy atom. The van der Waals surface area contributed by atoms with Crippen molar-refractivity contribution in [3.63, 3.8) is 0 Å². The standard InChI is InChI=1S/C54H36N2/c1-2-13-35(14-3-1)36-15-12-16-39(31-36)55-51-23-10-8-21-46(51)49-32-37(25-29-53(49)55)38-26-30-54-50(33-38)47-22-9-11-24-52(47)56(54)40-27-28-45-43-19-5-4-17-41(43)42-18-6-7-20-44(42)48(45)34-40/h1-9,11-22,24-34H,10,23H2. The highest BCUT2D eigenvalue weighted by Gasteiger charge is 2.21. The summed E-state index contributed by atoms with van der Waals surface area (Å²) in [5.74, 6) is 0. The second-order valence-corrected chi connectivity index (χ2v) is 15.2. The smallest absolute Gasteiger partial charge is 0.0541 e. The lowest BCUT2D eigenvalue weighted by atomic mass is 9.94. The van der Waals surface area contributed by atoms with E-state index in [1.54, 1.807) is 0 Å². The third kappa shape index (κ3) is 4.63. The molecule has 262 valence electrons. The number of hydrogen-bond donors (Lipinski definition) is 0. The maximum atomic E-state index is 2.50. The van der Waals surface area contributed by atoms with E-state index < -0.39 is 0 Å². The molecule has 0 amide bonds. The molecule has 0 saturated carbocycles. The van der Waals surface area contributed by atoms with E-state index in [9.17, 15) is 0 Å². The van der Waals surface area contributed by atoms with E-state index in [1.807, 2.05) is 0 Å². The number of allylic oxidation sites excluding steroid dienone is 1. The molecule has 0 aliphatic heterocycles. The van der Waals surface area contributed by atoms with Crippen LogP contribution in [0.5, 0.6) is 0 Å². The molecule has 2 heteroatoms. The van der Waals surface area contributed by atoms with Crippen molar-refractivity contribution in [2.24, 2.45) is 0 Å². The maximum absolute atomic E-state index is 2.50. The van der Waals surface area contributed by atoms with Crippen molar-refractivity contribution >= 4 is 71.1 Å². The minimum atomic E-state index is 1.03. The Bertz CT molecular complexity index is 3380. The predicted molar refractivity (Wildman–Crippen MR) is 238 cm³/mol. The molecule has 1 aliphatic carbocycles. The number of benzene rings is 9. The first-order valence-corrected chi connectivity index (χ1v) is 19.7. The van der Waals surface area contributed by atoms with E-state index in [4.69, 9.17) is 0 Å². The minimum Gasteiger partial charge on any atom is -0.313 e. The third-order valence-electron chi connectivity index (χ3n) is 12.1. The van der Waals surface area contributed by atoms with Crippen molar-refractivity contribution < 1.29 is 0 Å². The molecule has 0 N–H and O–H groups in total. The van der Waals surface area contributed by atoms with Crippen LogP contribution in [0.25, 0.3) is 105 Å². The fourth-order valence-electron chi connectivity index (χ4n) is 9.62. The minimum absolute atomic E-state index is 1.03. The van der Waals surface area contributed by atoms with E-state index in [0.29, 0.717) is 0 Å². The summed E-state index contributed by atoms with van der Waals surface area (Å²) < 4.78 is 4.95. The summed E-state index contributed by atoms with van der Waals surface area (Å²) in [5.41, 5.74) is 13.7. The fourth-order valence-corrected chi connectivity index (χ4v) is 9.62. The number of para-hydroxylation sites is 1. The Kier molecular flexibility index (Phi) is 6.79. The average molecular weight is 713 g/mol. The van der Waals surface area contributed by atoms with Gasteiger partial charge in [0, 0.05) is 38.8 Å². The van der Waals surface area contributed by atoms with Gasteiger partial charge in [-0.05, 0) is 122 Å². The lowest BCUT2D eigenvalue weighted by Crippen LogP contribution is -2.03. The van der Waals surface area contributed by atoms with Crippen molar-refractivity contribution in [2.75, 3.05) is 0 Å². The molecule has 2 heterocycles. The zero-order valence-electron chi connectivity index (χ0n) is 30.8. The highest BCUT2D eigenvalue weighted by molar-refractivity contribution is 6.25. The summed E-state index contributed by atoms with van der Waals surface area (Å²) >= 11 is 0. The quantitative estimate of drug-likeness (QED) is 0.161. The monoisotopic (exact) mass is 712 g/mol. The molecule has 0 atom stereocenters. The highest BCUT2D eigenvalue weighted by Crippen LogP contribution is 2.41. The van der Waals surface area contributed by atoms with Crippen molar-refractivity contribution in [1.82, 2.24) is 9.13 Å². The first kappa shape index (κ1) is 31.2. The van der Waals surface area contributed by atoms with E-state index in [-0.39, 0.29) is 0 Å². The van der Waals surface area contributed by atoms with Crippen LogP contribution in [0.3, 0.4) is 0 Å². The molecular formula is C54H36N2. The van der Waals surface area contributed by atoms with Crippen LogP contribution in [-0.2, 0) is 6.42 Å². The Morgan fingerprint density at radius 2 is 0.875 bits per heavy atom. The zero-order chi connectivity index (χ0) is 36.7. The molecule has 2 nitrogen and oxygen atoms in total. The van der Waals surface area contributed by atoms with Crippen molar-refractivity contribution in [1.29, 1.82) is 0 Å². The summed E-state index contributed by atoms with van der Waals surface area (Å²) in [5, 5.41) is 11.6. The molecule has 1 aliphatic rings. The molecule has 11 aromatic rings. The summed E-state index contributed by atoms with van der Waals surface area (Å²) in [6.07, 6.45) is 6.75. The van der Waals surface area contributed by atoms with Crippen LogP contribution < -0.4 is 0 Å². The van der Waals surface area contributed by atoms with Gasteiger partial charge >= 0.3 is 0 Å². The predicted octanol–water partition coefficient (Wildman–Crippen LogP) is 14.5. The molecule has 0 radical (unpaired) electrons. The molecule has 0 bridgehead atoms. The van der Waals surface area contributed by atoms with Crippen LogP contribution in [0.15, 0.2) is 188 Å². The molecule has 2 aromatic heterocycles. The topological polar surface area (TPSA) is 9.86 Å². The Balaban J connectivity index is 1.02. The average Bonchev–Trinajstić information content (AvgIpc) is 3.79. The van der Waals surface area contributed by atoms with Gasteiger partial charge in [-0.1, -0.05) is 140 Å². The summed E-state index contributed by atoms with van der Waals surface area (Å²) in [6, 6.07) is 67.3. The lowest BCUT2D eigenvalue weighted by molar-refractivity contribution is 0.889. The summed E-state index contributed by atoms with van der Waals surface area (Å²) in [6.45, 7) is 0. The number of fused-ring (bicyclic) bond motifs is 12. The highest BCUT2D eigenvalue weighted by atomic mass is 15.0. The third-order valence-corrected chi connectivity index (χ3v) is 12.1. The molecular weight excluding hydrogens is 677 g/mol. The maximum Gasteiger partial charge on any atom is 0.0541 e. The number of aromatic nitrogens is 2. The van der Waals surface area contributed by atoms with Crippen LogP contribution in [0.2, 0.25) is 0 Å². The Hall–Kier alpha value is -7.16. The summed E-state index contributed by atoms with van der Waals surface area (Å²) in [7, 11) is 0. The van der Waals surface area contributed by atoms with Gasteiger partial charge in [0.2, 0.25) is 0 Å². The molecule has 0 saturated heterocycles. The van der Waals surface area contributed by atoms with Crippen LogP contribution in [-0.4, -0.2) is 9.13 Å². The number of nitrogens with zero attached hydrogens (tertiary/aromatic N) is 2. The van der Waals surface area contributed by atoms with Crippen LogP contribution >= 0.6 is 0 Å². The largest absolute Gasteiger partial charge is 0.313 e. The van der Waals surface area contributed by atoms with E-state index in [0.717, 1.165) is 12.8 Å². The van der Waals surface area contributed by atoms with Gasteiger partial charge in [0.25, 0.3) is 0 Å². The molecule has 0 fully saturated rings. The second-order valence-electron chi connectivity index (χ2n) is 15.2.